The third kappa shape index (κ3) is 2.19. The standard InChI is InChI=1S/C16H22O8/c1-3-4-16(14(23)24)9-5-7(11(17)18)8(12(19)20)6-15(9,2)10(16)13(21)22/h7-10H,3-6H2,1-2H3,(H,17,18)(H,19,20)(H,21,22)(H,23,24). The van der Waals surface area contributed by atoms with Crippen molar-refractivity contribution in [3.05, 3.63) is 0 Å². The zero-order valence-electron chi connectivity index (χ0n) is 13.6. The number of rotatable bonds is 6. The summed E-state index contributed by atoms with van der Waals surface area (Å²) in [5.41, 5.74) is -2.57. The molecule has 0 aromatic rings. The molecular formula is C16H22O8. The van der Waals surface area contributed by atoms with E-state index in [4.69, 9.17) is 0 Å². The van der Waals surface area contributed by atoms with Crippen LogP contribution in [0.25, 0.3) is 0 Å². The van der Waals surface area contributed by atoms with E-state index in [2.05, 4.69) is 0 Å². The molecule has 2 fully saturated rings. The van der Waals surface area contributed by atoms with Crippen LogP contribution in [-0.2, 0) is 19.2 Å². The summed E-state index contributed by atoms with van der Waals surface area (Å²) in [6, 6.07) is 0. The smallest absolute Gasteiger partial charge is 0.310 e. The van der Waals surface area contributed by atoms with Crippen molar-refractivity contribution < 1.29 is 39.6 Å². The first-order valence-electron chi connectivity index (χ1n) is 7.95. The van der Waals surface area contributed by atoms with E-state index < -0.39 is 58.4 Å². The molecule has 2 aliphatic rings. The fraction of sp³-hybridized carbons (Fsp3) is 0.750. The molecule has 6 unspecified atom stereocenters. The molecule has 2 aliphatic carbocycles. The van der Waals surface area contributed by atoms with Crippen molar-refractivity contribution in [2.24, 2.45) is 34.5 Å². The molecule has 4 N–H and O–H groups in total. The molecule has 24 heavy (non-hydrogen) atoms. The molecule has 0 aromatic carbocycles. The van der Waals surface area contributed by atoms with Crippen LogP contribution in [0.15, 0.2) is 0 Å². The highest BCUT2D eigenvalue weighted by atomic mass is 16.4. The Bertz CT molecular complexity index is 599. The summed E-state index contributed by atoms with van der Waals surface area (Å²) >= 11 is 0. The van der Waals surface area contributed by atoms with E-state index in [1.807, 2.05) is 0 Å². The zero-order valence-corrected chi connectivity index (χ0v) is 13.6. The Hall–Kier alpha value is -2.12. The molecule has 6 atom stereocenters. The van der Waals surface area contributed by atoms with Crippen molar-refractivity contribution in [3.63, 3.8) is 0 Å². The van der Waals surface area contributed by atoms with Gasteiger partial charge in [-0.2, -0.15) is 0 Å². The maximum atomic E-state index is 12.0. The average molecular weight is 342 g/mol. The molecule has 0 amide bonds. The lowest BCUT2D eigenvalue weighted by Gasteiger charge is -2.67. The van der Waals surface area contributed by atoms with Crippen molar-refractivity contribution in [2.75, 3.05) is 0 Å². The Balaban J connectivity index is 2.53. The Labute approximate surface area is 138 Å². The van der Waals surface area contributed by atoms with Gasteiger partial charge >= 0.3 is 23.9 Å². The molecule has 2 saturated carbocycles. The first kappa shape index (κ1) is 18.2. The van der Waals surface area contributed by atoms with Crippen molar-refractivity contribution in [2.45, 2.75) is 39.5 Å². The lowest BCUT2D eigenvalue weighted by atomic mass is 9.33. The Morgan fingerprint density at radius 2 is 1.50 bits per heavy atom. The molecule has 0 aromatic heterocycles. The highest BCUT2D eigenvalue weighted by molar-refractivity contribution is 5.88. The van der Waals surface area contributed by atoms with Gasteiger partial charge in [0.2, 0.25) is 0 Å². The summed E-state index contributed by atoms with van der Waals surface area (Å²) in [7, 11) is 0. The number of hydrogen-bond acceptors (Lipinski definition) is 4. The quantitative estimate of drug-likeness (QED) is 0.565. The summed E-state index contributed by atoms with van der Waals surface area (Å²) < 4.78 is 0. The second-order valence-electron chi connectivity index (χ2n) is 7.25. The highest BCUT2D eigenvalue weighted by Gasteiger charge is 2.76. The van der Waals surface area contributed by atoms with Gasteiger partial charge in [0.1, 0.15) is 0 Å². The van der Waals surface area contributed by atoms with Gasteiger partial charge in [0.15, 0.2) is 0 Å². The van der Waals surface area contributed by atoms with Gasteiger partial charge in [-0.15, -0.1) is 0 Å². The minimum Gasteiger partial charge on any atom is -0.481 e. The van der Waals surface area contributed by atoms with E-state index >= 15 is 0 Å². The van der Waals surface area contributed by atoms with Crippen molar-refractivity contribution in [1.82, 2.24) is 0 Å². The van der Waals surface area contributed by atoms with E-state index in [0.29, 0.717) is 6.42 Å². The predicted octanol–water partition coefficient (Wildman–Crippen LogP) is 1.39. The van der Waals surface area contributed by atoms with Gasteiger partial charge in [0.05, 0.1) is 23.2 Å². The molecule has 8 nitrogen and oxygen atoms in total. The van der Waals surface area contributed by atoms with E-state index in [-0.39, 0.29) is 19.3 Å². The fourth-order valence-corrected chi connectivity index (χ4v) is 5.40. The summed E-state index contributed by atoms with van der Waals surface area (Å²) in [5.74, 6) is -9.36. The van der Waals surface area contributed by atoms with Crippen LogP contribution in [-0.4, -0.2) is 44.3 Å². The monoisotopic (exact) mass is 342 g/mol. The van der Waals surface area contributed by atoms with Crippen LogP contribution in [0.2, 0.25) is 0 Å². The molecule has 0 aliphatic heterocycles. The molecule has 0 bridgehead atoms. The number of hydrogen-bond donors (Lipinski definition) is 4. The molecule has 8 heteroatoms. The van der Waals surface area contributed by atoms with E-state index in [0.717, 1.165) is 0 Å². The van der Waals surface area contributed by atoms with Gasteiger partial charge < -0.3 is 20.4 Å². The third-order valence-corrected chi connectivity index (χ3v) is 6.17. The van der Waals surface area contributed by atoms with Gasteiger partial charge in [-0.05, 0) is 30.6 Å². The normalized spacial score (nSPS) is 40.9. The molecular weight excluding hydrogens is 320 g/mol. The minimum absolute atomic E-state index is 0.126. The summed E-state index contributed by atoms with van der Waals surface area (Å²) in [6.45, 7) is 3.33. The summed E-state index contributed by atoms with van der Waals surface area (Å²) in [5, 5.41) is 38.1. The van der Waals surface area contributed by atoms with Crippen LogP contribution in [0.5, 0.6) is 0 Å². The molecule has 0 heterocycles. The first-order chi connectivity index (χ1) is 11.0. The van der Waals surface area contributed by atoms with Crippen molar-refractivity contribution >= 4 is 23.9 Å². The summed E-state index contributed by atoms with van der Waals surface area (Å²) in [4.78, 5) is 46.7. The maximum Gasteiger partial charge on any atom is 0.310 e. The molecule has 0 saturated heterocycles. The average Bonchev–Trinajstić information content (AvgIpc) is 2.43. The van der Waals surface area contributed by atoms with Crippen molar-refractivity contribution in [3.8, 4) is 0 Å². The number of carbonyl (C=O) groups is 4. The van der Waals surface area contributed by atoms with Gasteiger partial charge in [-0.25, -0.2) is 0 Å². The largest absolute Gasteiger partial charge is 0.481 e. The van der Waals surface area contributed by atoms with Crippen LogP contribution in [0.4, 0.5) is 0 Å². The molecule has 2 rings (SSSR count). The molecule has 134 valence electrons. The van der Waals surface area contributed by atoms with Crippen LogP contribution < -0.4 is 0 Å². The second-order valence-corrected chi connectivity index (χ2v) is 7.25. The number of fused-ring (bicyclic) bond motifs is 1. The number of aliphatic carboxylic acids is 4. The lowest BCUT2D eigenvalue weighted by Crippen LogP contribution is -2.72. The van der Waals surface area contributed by atoms with E-state index in [9.17, 15) is 39.6 Å². The van der Waals surface area contributed by atoms with Gasteiger partial charge in [0, 0.05) is 0 Å². The molecule has 0 radical (unpaired) electrons. The van der Waals surface area contributed by atoms with E-state index in [1.165, 1.54) is 0 Å². The Kier molecular flexibility index (Phi) is 4.37. The first-order valence-corrected chi connectivity index (χ1v) is 7.95. The second kappa shape index (κ2) is 5.75. The van der Waals surface area contributed by atoms with Crippen molar-refractivity contribution in [1.29, 1.82) is 0 Å². The van der Waals surface area contributed by atoms with Gasteiger partial charge in [-0.3, -0.25) is 19.2 Å². The van der Waals surface area contributed by atoms with Crippen LogP contribution in [0.3, 0.4) is 0 Å². The number of carboxylic acid groups (broad SMARTS) is 4. The maximum absolute atomic E-state index is 12.0. The topological polar surface area (TPSA) is 149 Å². The highest BCUT2D eigenvalue weighted by Crippen LogP contribution is 2.72. The number of carboxylic acids is 4. The third-order valence-electron chi connectivity index (χ3n) is 6.17. The van der Waals surface area contributed by atoms with Gasteiger partial charge in [0.25, 0.3) is 0 Å². The zero-order chi connectivity index (χ0) is 18.4. The van der Waals surface area contributed by atoms with E-state index in [1.54, 1.807) is 13.8 Å². The fourth-order valence-electron chi connectivity index (χ4n) is 5.40. The van der Waals surface area contributed by atoms with Crippen LogP contribution in [0.1, 0.15) is 39.5 Å². The van der Waals surface area contributed by atoms with Crippen LogP contribution >= 0.6 is 0 Å². The Morgan fingerprint density at radius 1 is 0.958 bits per heavy atom. The SMILES string of the molecule is CCCC1(C(=O)O)C2CC(C(=O)O)C(C(=O)O)CC2(C)C1C(=O)O. The van der Waals surface area contributed by atoms with Crippen LogP contribution in [0, 0.1) is 34.5 Å². The Morgan fingerprint density at radius 3 is 1.88 bits per heavy atom. The predicted molar refractivity (Wildman–Crippen MR) is 79.2 cm³/mol. The lowest BCUT2D eigenvalue weighted by molar-refractivity contribution is -0.247. The molecule has 0 spiro atoms. The minimum atomic E-state index is -1.54. The summed E-state index contributed by atoms with van der Waals surface area (Å²) in [6.07, 6.45) is 0.310. The van der Waals surface area contributed by atoms with Gasteiger partial charge in [-0.1, -0.05) is 20.3 Å².